The smallest absolute Gasteiger partial charge is 0.227 e. The number of para-hydroxylation sites is 1. The molecule has 0 unspecified atom stereocenters. The minimum Gasteiger partial charge on any atom is -0.508 e. The van der Waals surface area contributed by atoms with E-state index < -0.39 is 0 Å². The van der Waals surface area contributed by atoms with E-state index in [2.05, 4.69) is 16.8 Å². The summed E-state index contributed by atoms with van der Waals surface area (Å²) in [5.74, 6) is 1.21. The Bertz CT molecular complexity index is 732. The fourth-order valence-electron chi connectivity index (χ4n) is 3.17. The van der Waals surface area contributed by atoms with E-state index in [1.54, 1.807) is 18.2 Å². The van der Waals surface area contributed by atoms with Gasteiger partial charge in [-0.2, -0.15) is 0 Å². The van der Waals surface area contributed by atoms with Crippen molar-refractivity contribution in [3.63, 3.8) is 0 Å². The van der Waals surface area contributed by atoms with Gasteiger partial charge in [-0.1, -0.05) is 24.3 Å². The van der Waals surface area contributed by atoms with Gasteiger partial charge in [-0.05, 0) is 32.0 Å². The highest BCUT2D eigenvalue weighted by molar-refractivity contribution is 5.80. The summed E-state index contributed by atoms with van der Waals surface area (Å²) in [5, 5.41) is 9.85. The summed E-state index contributed by atoms with van der Waals surface area (Å²) in [6.45, 7) is 6.25. The van der Waals surface area contributed by atoms with Gasteiger partial charge >= 0.3 is 0 Å². The molecule has 126 valence electrons. The second kappa shape index (κ2) is 6.91. The van der Waals surface area contributed by atoms with E-state index in [1.165, 1.54) is 0 Å². The lowest BCUT2D eigenvalue weighted by Crippen LogP contribution is -2.54. The highest BCUT2D eigenvalue weighted by atomic mass is 16.3. The number of aryl methyl sites for hydroxylation is 1. The van der Waals surface area contributed by atoms with Gasteiger partial charge in [-0.15, -0.1) is 0 Å². The van der Waals surface area contributed by atoms with Gasteiger partial charge in [-0.3, -0.25) is 4.79 Å². The number of pyridine rings is 1. The van der Waals surface area contributed by atoms with E-state index in [9.17, 15) is 9.90 Å². The maximum Gasteiger partial charge on any atom is 0.227 e. The number of aromatic hydroxyl groups is 1. The molecule has 1 aromatic carbocycles. The molecule has 1 aliphatic rings. The molecule has 1 atom stereocenters. The maximum atomic E-state index is 12.6. The number of benzene rings is 1. The van der Waals surface area contributed by atoms with Gasteiger partial charge in [0.15, 0.2) is 0 Å². The van der Waals surface area contributed by atoms with Crippen molar-refractivity contribution < 1.29 is 9.90 Å². The van der Waals surface area contributed by atoms with Gasteiger partial charge in [0, 0.05) is 36.9 Å². The normalized spacial score (nSPS) is 17.8. The lowest BCUT2D eigenvalue weighted by molar-refractivity contribution is -0.132. The Morgan fingerprint density at radius 2 is 2.00 bits per heavy atom. The Morgan fingerprint density at radius 3 is 2.71 bits per heavy atom. The Morgan fingerprint density at radius 1 is 1.21 bits per heavy atom. The molecule has 0 saturated carbocycles. The van der Waals surface area contributed by atoms with Crippen LogP contribution >= 0.6 is 0 Å². The van der Waals surface area contributed by atoms with Gasteiger partial charge in [-0.25, -0.2) is 4.98 Å². The van der Waals surface area contributed by atoms with Gasteiger partial charge in [0.1, 0.15) is 11.6 Å². The van der Waals surface area contributed by atoms with Crippen LogP contribution in [-0.2, 0) is 11.2 Å². The number of hydrogen-bond donors (Lipinski definition) is 1. The molecule has 1 saturated heterocycles. The third-order valence-corrected chi connectivity index (χ3v) is 4.48. The molecule has 1 fully saturated rings. The minimum atomic E-state index is 0.0563. The molecule has 1 amide bonds. The van der Waals surface area contributed by atoms with Crippen molar-refractivity contribution >= 4 is 11.7 Å². The van der Waals surface area contributed by atoms with Crippen LogP contribution < -0.4 is 4.90 Å². The number of carbonyl (C=O) groups excluding carboxylic acids is 1. The van der Waals surface area contributed by atoms with Crippen LogP contribution in [0.3, 0.4) is 0 Å². The fourth-order valence-corrected chi connectivity index (χ4v) is 3.17. The third-order valence-electron chi connectivity index (χ3n) is 4.48. The number of piperazine rings is 1. The van der Waals surface area contributed by atoms with Crippen LogP contribution in [0.5, 0.6) is 5.75 Å². The fraction of sp³-hybridized carbons (Fsp3) is 0.368. The molecular weight excluding hydrogens is 302 g/mol. The predicted octanol–water partition coefficient (Wildman–Crippen LogP) is 2.38. The third kappa shape index (κ3) is 3.50. The average Bonchev–Trinajstić information content (AvgIpc) is 2.56. The van der Waals surface area contributed by atoms with Gasteiger partial charge in [0.05, 0.1) is 6.42 Å². The summed E-state index contributed by atoms with van der Waals surface area (Å²) in [5.41, 5.74) is 1.68. The summed E-state index contributed by atoms with van der Waals surface area (Å²) >= 11 is 0. The zero-order chi connectivity index (χ0) is 17.1. The number of hydrogen-bond acceptors (Lipinski definition) is 4. The van der Waals surface area contributed by atoms with Crippen LogP contribution in [-0.4, -0.2) is 46.6 Å². The van der Waals surface area contributed by atoms with Crippen molar-refractivity contribution in [1.82, 2.24) is 9.88 Å². The van der Waals surface area contributed by atoms with E-state index >= 15 is 0 Å². The van der Waals surface area contributed by atoms with Gasteiger partial charge in [0.25, 0.3) is 0 Å². The maximum absolute atomic E-state index is 12.6. The van der Waals surface area contributed by atoms with E-state index in [-0.39, 0.29) is 24.1 Å². The number of phenolic OH excluding ortho intramolecular Hbond substituents is 1. The molecule has 1 N–H and O–H groups in total. The van der Waals surface area contributed by atoms with E-state index in [4.69, 9.17) is 0 Å². The van der Waals surface area contributed by atoms with Crippen LogP contribution in [0, 0.1) is 6.92 Å². The molecule has 1 aromatic heterocycles. The molecule has 3 rings (SSSR count). The number of rotatable bonds is 3. The first-order valence-electron chi connectivity index (χ1n) is 8.29. The monoisotopic (exact) mass is 325 g/mol. The summed E-state index contributed by atoms with van der Waals surface area (Å²) < 4.78 is 0. The average molecular weight is 325 g/mol. The van der Waals surface area contributed by atoms with E-state index in [0.29, 0.717) is 12.1 Å². The Balaban J connectivity index is 1.65. The van der Waals surface area contributed by atoms with Gasteiger partial charge in [0.2, 0.25) is 5.91 Å². The van der Waals surface area contributed by atoms with Crippen LogP contribution in [0.2, 0.25) is 0 Å². The van der Waals surface area contributed by atoms with Crippen molar-refractivity contribution in [2.75, 3.05) is 24.5 Å². The molecule has 0 bridgehead atoms. The molecule has 5 heteroatoms. The topological polar surface area (TPSA) is 56.7 Å². The van der Waals surface area contributed by atoms with Crippen LogP contribution in [0.15, 0.2) is 42.5 Å². The Labute approximate surface area is 142 Å². The van der Waals surface area contributed by atoms with Crippen molar-refractivity contribution in [1.29, 1.82) is 0 Å². The Kier molecular flexibility index (Phi) is 4.69. The lowest BCUT2D eigenvalue weighted by Gasteiger charge is -2.40. The van der Waals surface area contributed by atoms with Crippen molar-refractivity contribution in [2.24, 2.45) is 0 Å². The van der Waals surface area contributed by atoms with Crippen LogP contribution in [0.1, 0.15) is 18.2 Å². The summed E-state index contributed by atoms with van der Waals surface area (Å²) in [6, 6.07) is 13.1. The number of amides is 1. The SMILES string of the molecule is Cc1cccc(N2CCN(C(=O)Cc3ccccc3O)[C@H](C)C2)n1. The molecule has 2 aromatic rings. The molecule has 2 heterocycles. The quantitative estimate of drug-likeness (QED) is 0.941. The lowest BCUT2D eigenvalue weighted by atomic mass is 10.1. The summed E-state index contributed by atoms with van der Waals surface area (Å²) in [4.78, 5) is 21.3. The Hall–Kier alpha value is -2.56. The van der Waals surface area contributed by atoms with E-state index in [1.807, 2.05) is 36.1 Å². The molecule has 0 aliphatic carbocycles. The largest absolute Gasteiger partial charge is 0.508 e. The highest BCUT2D eigenvalue weighted by Gasteiger charge is 2.28. The van der Waals surface area contributed by atoms with Crippen molar-refractivity contribution in [3.8, 4) is 5.75 Å². The predicted molar refractivity (Wildman–Crippen MR) is 94.2 cm³/mol. The second-order valence-electron chi connectivity index (χ2n) is 6.32. The molecular formula is C19H23N3O2. The zero-order valence-corrected chi connectivity index (χ0v) is 14.1. The number of anilines is 1. The van der Waals surface area contributed by atoms with Crippen LogP contribution in [0.25, 0.3) is 0 Å². The molecule has 0 spiro atoms. The first kappa shape index (κ1) is 16.3. The zero-order valence-electron chi connectivity index (χ0n) is 14.1. The number of carbonyl (C=O) groups is 1. The van der Waals surface area contributed by atoms with E-state index in [0.717, 1.165) is 24.6 Å². The molecule has 0 radical (unpaired) electrons. The highest BCUT2D eigenvalue weighted by Crippen LogP contribution is 2.21. The van der Waals surface area contributed by atoms with Crippen LogP contribution in [0.4, 0.5) is 5.82 Å². The minimum absolute atomic E-state index is 0.0563. The first-order valence-corrected chi connectivity index (χ1v) is 8.29. The summed E-state index contributed by atoms with van der Waals surface area (Å²) in [6.07, 6.45) is 0.236. The standard InChI is InChI=1S/C19H23N3O2/c1-14-6-5-9-18(20-14)21-10-11-22(15(2)13-21)19(24)12-16-7-3-4-8-17(16)23/h3-9,15,23H,10-13H2,1-2H3/t15-/m1/s1. The van der Waals surface area contributed by atoms with Crippen molar-refractivity contribution in [2.45, 2.75) is 26.3 Å². The van der Waals surface area contributed by atoms with Crippen molar-refractivity contribution in [3.05, 3.63) is 53.7 Å². The number of phenols is 1. The summed E-state index contributed by atoms with van der Waals surface area (Å²) in [7, 11) is 0. The molecule has 1 aliphatic heterocycles. The molecule has 5 nitrogen and oxygen atoms in total. The molecule has 24 heavy (non-hydrogen) atoms. The first-order chi connectivity index (χ1) is 11.5. The number of nitrogens with zero attached hydrogens (tertiary/aromatic N) is 3. The number of aromatic nitrogens is 1. The second-order valence-corrected chi connectivity index (χ2v) is 6.32. The van der Waals surface area contributed by atoms with Gasteiger partial charge < -0.3 is 14.9 Å².